The molecule has 1 atom stereocenters. The van der Waals surface area contributed by atoms with E-state index in [2.05, 4.69) is 0 Å². The lowest BCUT2D eigenvalue weighted by molar-refractivity contribution is -0.160. The van der Waals surface area contributed by atoms with E-state index in [0.717, 1.165) is 44.2 Å². The van der Waals surface area contributed by atoms with E-state index in [-0.39, 0.29) is 6.61 Å². The first-order valence-corrected chi connectivity index (χ1v) is 17.1. The number of nitrogens with zero attached hydrogens (tertiary/aromatic N) is 3. The minimum atomic E-state index is -1.34. The van der Waals surface area contributed by atoms with Gasteiger partial charge in [0.25, 0.3) is 0 Å². The molecule has 5 aromatic carbocycles. The van der Waals surface area contributed by atoms with E-state index in [1.807, 2.05) is 112 Å². The van der Waals surface area contributed by atoms with Crippen LogP contribution in [0.15, 0.2) is 109 Å². The lowest BCUT2D eigenvalue weighted by atomic mass is 9.94. The first-order chi connectivity index (χ1) is 25.0. The van der Waals surface area contributed by atoms with Crippen LogP contribution in [0.2, 0.25) is 0 Å². The molecule has 0 aliphatic carbocycles. The molecule has 0 unspecified atom stereocenters. The molecule has 0 saturated carbocycles. The average Bonchev–Trinajstić information content (AvgIpc) is 3.55. The summed E-state index contributed by atoms with van der Waals surface area (Å²) >= 11 is 0. The Kier molecular flexibility index (Phi) is 8.23. The normalized spacial score (nSPS) is 13.4. The molecule has 8 bridgehead atoms. The van der Waals surface area contributed by atoms with E-state index >= 15 is 0 Å². The van der Waals surface area contributed by atoms with Crippen LogP contribution in [0.25, 0.3) is 50.1 Å². The van der Waals surface area contributed by atoms with Crippen LogP contribution in [0.1, 0.15) is 49.3 Å². The van der Waals surface area contributed by atoms with Crippen molar-refractivity contribution in [1.29, 1.82) is 0 Å². The van der Waals surface area contributed by atoms with E-state index in [9.17, 15) is 14.3 Å². The largest absolute Gasteiger partial charge is 0.488 e. The van der Waals surface area contributed by atoms with E-state index < -0.39 is 23.5 Å². The summed E-state index contributed by atoms with van der Waals surface area (Å²) in [6.07, 6.45) is -1.34. The first-order valence-electron chi connectivity index (χ1n) is 17.1. The molecule has 52 heavy (non-hydrogen) atoms. The molecule has 9 heteroatoms. The summed E-state index contributed by atoms with van der Waals surface area (Å²) < 4.78 is 35.3. The maximum absolute atomic E-state index is 14.6. The molecule has 0 fully saturated rings. The van der Waals surface area contributed by atoms with Crippen LogP contribution in [-0.2, 0) is 22.7 Å². The maximum Gasteiger partial charge on any atom is 0.337 e. The van der Waals surface area contributed by atoms with E-state index in [0.29, 0.717) is 46.4 Å². The van der Waals surface area contributed by atoms with E-state index in [1.54, 1.807) is 17.5 Å². The summed E-state index contributed by atoms with van der Waals surface area (Å²) in [5.74, 6) is -0.450. The van der Waals surface area contributed by atoms with Crippen molar-refractivity contribution in [2.75, 3.05) is 0 Å². The van der Waals surface area contributed by atoms with Gasteiger partial charge in [-0.3, -0.25) is 0 Å². The van der Waals surface area contributed by atoms with Crippen LogP contribution >= 0.6 is 0 Å². The third kappa shape index (κ3) is 6.24. The lowest BCUT2D eigenvalue weighted by Crippen LogP contribution is -2.29. The highest BCUT2D eigenvalue weighted by Gasteiger charge is 2.34. The summed E-state index contributed by atoms with van der Waals surface area (Å²) in [5.41, 5.74) is 6.80. The number of hydrogen-bond donors (Lipinski definition) is 1. The Balaban J connectivity index is 1.43. The quantitative estimate of drug-likeness (QED) is 0.197. The number of halogens is 1. The van der Waals surface area contributed by atoms with Gasteiger partial charge in [-0.25, -0.2) is 18.7 Å². The van der Waals surface area contributed by atoms with Gasteiger partial charge in [0.1, 0.15) is 30.5 Å². The van der Waals surface area contributed by atoms with Gasteiger partial charge in [-0.05, 0) is 86.2 Å². The molecule has 1 aliphatic heterocycles. The first kappa shape index (κ1) is 33.1. The highest BCUT2D eigenvalue weighted by Crippen LogP contribution is 2.42. The smallest absolute Gasteiger partial charge is 0.337 e. The second kappa shape index (κ2) is 12.9. The highest BCUT2D eigenvalue weighted by molar-refractivity contribution is 6.01. The molecule has 260 valence electrons. The lowest BCUT2D eigenvalue weighted by Gasteiger charge is -2.28. The number of benzene rings is 5. The zero-order chi connectivity index (χ0) is 36.1. The molecular weight excluding hydrogens is 657 g/mol. The SMILES string of the molecule is Cc1nc2cc3nn2c(c1[C@H](OC(C)(C)C)C(=O)O)-c1ccc(c2ccccc12)OCc1cccc(c1)COc1cc(F)ccc1-c1cccc-3c1. The van der Waals surface area contributed by atoms with Gasteiger partial charge in [-0.1, -0.05) is 60.7 Å². The van der Waals surface area contributed by atoms with Crippen LogP contribution in [0, 0.1) is 12.7 Å². The predicted molar refractivity (Wildman–Crippen MR) is 198 cm³/mol. The van der Waals surface area contributed by atoms with Gasteiger partial charge in [-0.15, -0.1) is 0 Å². The Morgan fingerprint density at radius 2 is 1.50 bits per heavy atom. The maximum atomic E-state index is 14.6. The number of aryl methyl sites for hydroxylation is 1. The third-order valence-electron chi connectivity index (χ3n) is 9.12. The Labute approximate surface area is 300 Å². The topological polar surface area (TPSA) is 95.2 Å². The Morgan fingerprint density at radius 1 is 0.808 bits per heavy atom. The zero-order valence-corrected chi connectivity index (χ0v) is 29.2. The standard InChI is InChI=1S/C43H36FN3O5/c1-25-39(41(42(48)49)52-43(2,3)4)40-34-17-18-36(33-14-6-5-13-32(33)34)50-23-26-9-7-10-27(19-26)24-51-37-21-30(44)15-16-31(37)28-11-8-12-29(20-28)35-22-38(45-25)47(40)46-35/h5-22,41H,23-24H2,1-4H3,(H,48,49)/t41-/m0/s1. The van der Waals surface area contributed by atoms with E-state index in [1.165, 1.54) is 12.1 Å². The number of carbonyl (C=O) groups is 1. The summed E-state index contributed by atoms with van der Waals surface area (Å²) in [5, 5.41) is 17.4. The monoisotopic (exact) mass is 693 g/mol. The molecule has 0 saturated heterocycles. The van der Waals surface area contributed by atoms with Crippen molar-refractivity contribution >= 4 is 22.4 Å². The van der Waals surface area contributed by atoms with Crippen LogP contribution < -0.4 is 9.47 Å². The van der Waals surface area contributed by atoms with Gasteiger partial charge in [0.2, 0.25) is 0 Å². The van der Waals surface area contributed by atoms with Crippen molar-refractivity contribution in [2.45, 2.75) is 52.6 Å². The molecule has 8 rings (SSSR count). The van der Waals surface area contributed by atoms with E-state index in [4.69, 9.17) is 24.3 Å². The number of ether oxygens (including phenoxy) is 3. The number of aromatic nitrogens is 3. The summed E-state index contributed by atoms with van der Waals surface area (Å²) in [6.45, 7) is 7.83. The van der Waals surface area contributed by atoms with Crippen molar-refractivity contribution in [3.8, 4) is 45.1 Å². The van der Waals surface area contributed by atoms with Crippen molar-refractivity contribution in [3.05, 3.63) is 137 Å². The predicted octanol–water partition coefficient (Wildman–Crippen LogP) is 9.74. The Hall–Kier alpha value is -6.06. The number of hydrogen-bond acceptors (Lipinski definition) is 6. The van der Waals surface area contributed by atoms with Gasteiger partial charge in [-0.2, -0.15) is 5.10 Å². The summed E-state index contributed by atoms with van der Waals surface area (Å²) in [4.78, 5) is 17.9. The third-order valence-corrected chi connectivity index (χ3v) is 9.12. The summed E-state index contributed by atoms with van der Waals surface area (Å²) in [6, 6.07) is 33.9. The fourth-order valence-corrected chi connectivity index (χ4v) is 6.87. The van der Waals surface area contributed by atoms with Crippen molar-refractivity contribution in [1.82, 2.24) is 14.6 Å². The minimum Gasteiger partial charge on any atom is -0.488 e. The molecule has 0 radical (unpaired) electrons. The number of fused-ring (bicyclic) bond motifs is 15. The van der Waals surface area contributed by atoms with Gasteiger partial charge >= 0.3 is 5.97 Å². The molecule has 1 N–H and O–H groups in total. The Morgan fingerprint density at radius 3 is 2.25 bits per heavy atom. The van der Waals surface area contributed by atoms with Crippen molar-refractivity contribution in [3.63, 3.8) is 0 Å². The van der Waals surface area contributed by atoms with Gasteiger partial charge in [0.15, 0.2) is 11.8 Å². The number of aliphatic carboxylic acids is 1. The molecule has 8 nitrogen and oxygen atoms in total. The summed E-state index contributed by atoms with van der Waals surface area (Å²) in [7, 11) is 0. The molecular formula is C43H36FN3O5. The molecule has 2 aromatic heterocycles. The zero-order valence-electron chi connectivity index (χ0n) is 29.2. The number of carboxylic acids is 1. The van der Waals surface area contributed by atoms with Crippen molar-refractivity contribution < 1.29 is 28.5 Å². The molecule has 1 aliphatic rings. The van der Waals surface area contributed by atoms with Crippen LogP contribution in [-0.4, -0.2) is 31.3 Å². The van der Waals surface area contributed by atoms with Crippen LogP contribution in [0.5, 0.6) is 11.5 Å². The molecule has 3 heterocycles. The van der Waals surface area contributed by atoms with Crippen molar-refractivity contribution in [2.24, 2.45) is 0 Å². The minimum absolute atomic E-state index is 0.237. The second-order valence-electron chi connectivity index (χ2n) is 14.0. The molecule has 7 aromatic rings. The number of carboxylic acid groups (broad SMARTS) is 1. The fraction of sp³-hybridized carbons (Fsp3) is 0.186. The molecule has 0 amide bonds. The number of rotatable bonds is 3. The van der Waals surface area contributed by atoms with Crippen LogP contribution in [0.4, 0.5) is 4.39 Å². The fourth-order valence-electron chi connectivity index (χ4n) is 6.87. The van der Waals surface area contributed by atoms with Gasteiger partial charge in [0, 0.05) is 45.5 Å². The van der Waals surface area contributed by atoms with Gasteiger partial charge < -0.3 is 19.3 Å². The highest BCUT2D eigenvalue weighted by atomic mass is 19.1. The Bertz CT molecular complexity index is 2520. The molecule has 0 spiro atoms. The van der Waals surface area contributed by atoms with Gasteiger partial charge in [0.05, 0.1) is 17.0 Å². The average molecular weight is 694 g/mol. The second-order valence-corrected chi connectivity index (χ2v) is 14.0. The van der Waals surface area contributed by atoms with Crippen LogP contribution in [0.3, 0.4) is 0 Å².